The average molecular weight is 625 g/mol. The van der Waals surface area contributed by atoms with E-state index in [0.29, 0.717) is 43.9 Å². The van der Waals surface area contributed by atoms with Crippen LogP contribution in [0, 0.1) is 17.7 Å². The minimum Gasteiger partial charge on any atom is -0.491 e. The molecule has 0 bridgehead atoms. The molecule has 2 aromatic rings. The number of carbonyl (C=O) groups excluding carboxylic acids is 4. The first-order valence-electron chi connectivity index (χ1n) is 15.8. The lowest BCUT2D eigenvalue weighted by atomic mass is 10.00. The van der Waals surface area contributed by atoms with Crippen LogP contribution in [0.2, 0.25) is 0 Å². The molecule has 3 atom stereocenters. The molecule has 0 unspecified atom stereocenters. The van der Waals surface area contributed by atoms with E-state index in [-0.39, 0.29) is 72.5 Å². The Labute approximate surface area is 264 Å². The first-order valence-corrected chi connectivity index (χ1v) is 15.8. The van der Waals surface area contributed by atoms with E-state index in [2.05, 4.69) is 16.0 Å². The molecule has 0 radical (unpaired) electrons. The maximum atomic E-state index is 13.8. The van der Waals surface area contributed by atoms with E-state index >= 15 is 0 Å². The standard InChI is InChI=1S/C34H45FN4O6/c1-21(2)19-28-33(42)38-29(22(3)4)20-44-30-8-6-5-7-26(30)32(41)37-27(13-14-31(40)36-28)34(43)39-17-15-25(16-18-39)45-24-11-9-23(35)10-12-24/h5-12,21-22,25,27-29H,13-20H2,1-4H3,(H,36,40)(H,37,41)(H,38,42)/t27-,28+,29+/m0/s1. The second-order valence-electron chi connectivity index (χ2n) is 12.6. The number of nitrogens with zero attached hydrogens (tertiary/aromatic N) is 1. The van der Waals surface area contributed by atoms with E-state index in [1.54, 1.807) is 41.3 Å². The van der Waals surface area contributed by atoms with Crippen molar-refractivity contribution < 1.29 is 33.0 Å². The largest absolute Gasteiger partial charge is 0.491 e. The molecule has 4 amide bonds. The van der Waals surface area contributed by atoms with Gasteiger partial charge in [0.2, 0.25) is 17.7 Å². The summed E-state index contributed by atoms with van der Waals surface area (Å²) in [5.74, 6) is -0.733. The third kappa shape index (κ3) is 9.67. The summed E-state index contributed by atoms with van der Waals surface area (Å²) in [7, 11) is 0. The number of para-hydroxylation sites is 1. The van der Waals surface area contributed by atoms with Gasteiger partial charge in [-0.2, -0.15) is 0 Å². The number of piperidine rings is 1. The molecular weight excluding hydrogens is 579 g/mol. The third-order valence-electron chi connectivity index (χ3n) is 8.17. The van der Waals surface area contributed by atoms with E-state index in [1.165, 1.54) is 12.1 Å². The van der Waals surface area contributed by atoms with Crippen molar-refractivity contribution in [1.29, 1.82) is 0 Å². The van der Waals surface area contributed by atoms with Crippen LogP contribution in [0.4, 0.5) is 4.39 Å². The highest BCUT2D eigenvalue weighted by atomic mass is 19.1. The van der Waals surface area contributed by atoms with Gasteiger partial charge in [0.25, 0.3) is 5.91 Å². The van der Waals surface area contributed by atoms with Gasteiger partial charge in [-0.3, -0.25) is 19.2 Å². The molecule has 1 fully saturated rings. The quantitative estimate of drug-likeness (QED) is 0.449. The van der Waals surface area contributed by atoms with Crippen molar-refractivity contribution in [2.75, 3.05) is 19.7 Å². The molecule has 0 aromatic heterocycles. The summed E-state index contributed by atoms with van der Waals surface area (Å²) in [6.07, 6.45) is 1.41. The molecule has 4 rings (SSSR count). The Bertz CT molecular complexity index is 1330. The number of hydrogen-bond donors (Lipinski definition) is 3. The van der Waals surface area contributed by atoms with Crippen LogP contribution in [-0.4, -0.2) is 72.5 Å². The average Bonchev–Trinajstić information content (AvgIpc) is 3.01. The lowest BCUT2D eigenvalue weighted by Gasteiger charge is -2.34. The zero-order valence-electron chi connectivity index (χ0n) is 26.5. The lowest BCUT2D eigenvalue weighted by molar-refractivity contribution is -0.135. The van der Waals surface area contributed by atoms with Gasteiger partial charge in [-0.25, -0.2) is 4.39 Å². The van der Waals surface area contributed by atoms with Crippen LogP contribution in [0.15, 0.2) is 48.5 Å². The van der Waals surface area contributed by atoms with Gasteiger partial charge in [0.05, 0.1) is 11.6 Å². The van der Waals surface area contributed by atoms with Crippen LogP contribution < -0.4 is 25.4 Å². The van der Waals surface area contributed by atoms with E-state index in [0.717, 1.165) is 0 Å². The molecule has 2 aromatic carbocycles. The maximum absolute atomic E-state index is 13.8. The van der Waals surface area contributed by atoms with E-state index < -0.39 is 18.0 Å². The van der Waals surface area contributed by atoms with Crippen LogP contribution in [-0.2, 0) is 14.4 Å². The Morgan fingerprint density at radius 3 is 2.31 bits per heavy atom. The Kier molecular flexibility index (Phi) is 11.8. The van der Waals surface area contributed by atoms with Gasteiger partial charge in [0, 0.05) is 32.4 Å². The van der Waals surface area contributed by atoms with Crippen molar-refractivity contribution in [2.24, 2.45) is 11.8 Å². The normalized spacial score (nSPS) is 22.3. The fourth-order valence-electron chi connectivity index (χ4n) is 5.50. The number of likely N-dealkylation sites (tertiary alicyclic amines) is 1. The SMILES string of the molecule is CC(C)C[C@H]1NC(=O)CC[C@@H](C(=O)N2CCC(Oc3ccc(F)cc3)CC2)NC(=O)c2ccccc2OC[C@H](C(C)C)NC1=O. The van der Waals surface area contributed by atoms with Gasteiger partial charge < -0.3 is 30.3 Å². The van der Waals surface area contributed by atoms with E-state index in [1.807, 2.05) is 27.7 Å². The van der Waals surface area contributed by atoms with Crippen molar-refractivity contribution >= 4 is 23.6 Å². The van der Waals surface area contributed by atoms with Gasteiger partial charge >= 0.3 is 0 Å². The zero-order valence-corrected chi connectivity index (χ0v) is 26.5. The highest BCUT2D eigenvalue weighted by Crippen LogP contribution is 2.23. The number of hydrogen-bond acceptors (Lipinski definition) is 6. The monoisotopic (exact) mass is 624 g/mol. The molecule has 2 heterocycles. The number of rotatable bonds is 6. The Morgan fingerprint density at radius 1 is 0.956 bits per heavy atom. The highest BCUT2D eigenvalue weighted by molar-refractivity contribution is 6.00. The summed E-state index contributed by atoms with van der Waals surface area (Å²) < 4.78 is 25.3. The molecule has 11 heteroatoms. The van der Waals surface area contributed by atoms with Gasteiger partial charge in [-0.05, 0) is 61.1 Å². The van der Waals surface area contributed by atoms with E-state index in [9.17, 15) is 23.6 Å². The Hall–Kier alpha value is -4.15. The summed E-state index contributed by atoms with van der Waals surface area (Å²) in [5, 5.41) is 8.75. The topological polar surface area (TPSA) is 126 Å². The van der Waals surface area contributed by atoms with Crippen LogP contribution in [0.1, 0.15) is 70.2 Å². The fraction of sp³-hybridized carbons (Fsp3) is 0.529. The molecule has 3 N–H and O–H groups in total. The number of amides is 4. The highest BCUT2D eigenvalue weighted by Gasteiger charge is 2.32. The third-order valence-corrected chi connectivity index (χ3v) is 8.17. The number of benzene rings is 2. The summed E-state index contributed by atoms with van der Waals surface area (Å²) in [5.41, 5.74) is 0.257. The van der Waals surface area contributed by atoms with Crippen molar-refractivity contribution in [3.63, 3.8) is 0 Å². The smallest absolute Gasteiger partial charge is 0.255 e. The maximum Gasteiger partial charge on any atom is 0.255 e. The molecule has 2 aliphatic heterocycles. The second-order valence-corrected chi connectivity index (χ2v) is 12.6. The van der Waals surface area contributed by atoms with Gasteiger partial charge in [-0.1, -0.05) is 39.8 Å². The number of carbonyl (C=O) groups is 4. The van der Waals surface area contributed by atoms with Crippen LogP contribution in [0.25, 0.3) is 0 Å². The molecular formula is C34H45FN4O6. The van der Waals surface area contributed by atoms with Crippen LogP contribution in [0.3, 0.4) is 0 Å². The number of halogens is 1. The summed E-state index contributed by atoms with van der Waals surface area (Å²) in [6, 6.07) is 10.5. The van der Waals surface area contributed by atoms with Crippen molar-refractivity contribution in [2.45, 2.75) is 84.0 Å². The zero-order chi connectivity index (χ0) is 32.5. The molecule has 0 saturated carbocycles. The van der Waals surface area contributed by atoms with E-state index in [4.69, 9.17) is 9.47 Å². The van der Waals surface area contributed by atoms with Crippen LogP contribution >= 0.6 is 0 Å². The first-order chi connectivity index (χ1) is 21.5. The predicted octanol–water partition coefficient (Wildman–Crippen LogP) is 3.84. The number of ether oxygens (including phenoxy) is 2. The van der Waals surface area contributed by atoms with Crippen molar-refractivity contribution in [3.8, 4) is 11.5 Å². The number of fused-ring (bicyclic) bond motifs is 1. The fourth-order valence-corrected chi connectivity index (χ4v) is 5.50. The lowest BCUT2D eigenvalue weighted by Crippen LogP contribution is -2.53. The van der Waals surface area contributed by atoms with Gasteiger partial charge in [0.15, 0.2) is 0 Å². The molecule has 0 spiro atoms. The molecule has 10 nitrogen and oxygen atoms in total. The minimum atomic E-state index is -0.975. The van der Waals surface area contributed by atoms with Gasteiger partial charge in [0.1, 0.15) is 42.1 Å². The molecule has 45 heavy (non-hydrogen) atoms. The summed E-state index contributed by atoms with van der Waals surface area (Å²) in [4.78, 5) is 55.5. The van der Waals surface area contributed by atoms with Crippen molar-refractivity contribution in [1.82, 2.24) is 20.9 Å². The van der Waals surface area contributed by atoms with Crippen LogP contribution in [0.5, 0.6) is 11.5 Å². The van der Waals surface area contributed by atoms with Gasteiger partial charge in [-0.15, -0.1) is 0 Å². The molecule has 2 aliphatic rings. The van der Waals surface area contributed by atoms with Crippen molar-refractivity contribution in [3.05, 3.63) is 59.9 Å². The Morgan fingerprint density at radius 2 is 1.64 bits per heavy atom. The Balaban J connectivity index is 1.52. The summed E-state index contributed by atoms with van der Waals surface area (Å²) in [6.45, 7) is 8.80. The predicted molar refractivity (Wildman–Crippen MR) is 167 cm³/mol. The molecule has 0 aliphatic carbocycles. The molecule has 1 saturated heterocycles. The minimum absolute atomic E-state index is 0.0215. The molecule has 244 valence electrons. The second kappa shape index (κ2) is 15.7. The summed E-state index contributed by atoms with van der Waals surface area (Å²) >= 11 is 0. The number of nitrogens with one attached hydrogen (secondary N) is 3. The first kappa shape index (κ1) is 33.7.